The first-order chi connectivity index (χ1) is 17.4. The zero-order valence-electron chi connectivity index (χ0n) is 20.9. The lowest BCUT2D eigenvalue weighted by Gasteiger charge is -2.28. The van der Waals surface area contributed by atoms with Crippen molar-refractivity contribution < 1.29 is 9.53 Å². The lowest BCUT2D eigenvalue weighted by atomic mass is 9.97. The molecule has 0 aliphatic carbocycles. The van der Waals surface area contributed by atoms with Gasteiger partial charge in [0.05, 0.1) is 30.2 Å². The lowest BCUT2D eigenvalue weighted by Crippen LogP contribution is -2.32. The molecule has 1 amide bonds. The minimum atomic E-state index is -0.198. The van der Waals surface area contributed by atoms with Gasteiger partial charge in [0.25, 0.3) is 5.91 Å². The van der Waals surface area contributed by atoms with Crippen molar-refractivity contribution in [1.29, 1.82) is 0 Å². The molecule has 192 valence electrons. The second kappa shape index (κ2) is 11.7. The molecule has 0 unspecified atom stereocenters. The number of aromatic nitrogens is 4. The zero-order chi connectivity index (χ0) is 25.7. The Balaban J connectivity index is 1.38. The Hall–Kier alpha value is -3.21. The number of nitrogens with one attached hydrogen (secondary N) is 1. The number of nitrogens with zero attached hydrogens (tertiary/aromatic N) is 6. The number of benzene rings is 1. The van der Waals surface area contributed by atoms with E-state index < -0.39 is 0 Å². The maximum atomic E-state index is 12.1. The van der Waals surface area contributed by atoms with Gasteiger partial charge in [-0.05, 0) is 75.0 Å². The first-order valence-corrected chi connectivity index (χ1v) is 12.4. The summed E-state index contributed by atoms with van der Waals surface area (Å²) in [5, 5.41) is 9.04. The van der Waals surface area contributed by atoms with Gasteiger partial charge in [-0.25, -0.2) is 20.8 Å². The van der Waals surface area contributed by atoms with Crippen molar-refractivity contribution in [2.24, 2.45) is 11.8 Å². The van der Waals surface area contributed by atoms with E-state index in [4.69, 9.17) is 22.2 Å². The summed E-state index contributed by atoms with van der Waals surface area (Å²) in [5.41, 5.74) is 2.97. The number of piperidine rings is 1. The standard InChI is InChI=1S/C25H33ClN8O2/c1-28-24(35)20-10-19(23(26)22(11-20)36-3)5-4-18-12-29-25(30-13-18)34(27)21-14-31-33(16-21)15-17-6-8-32(2)9-7-17/h10-14,16-17H,4-9,15,27H2,1-3H3,(H,28,35). The Labute approximate surface area is 216 Å². The monoisotopic (exact) mass is 512 g/mol. The summed E-state index contributed by atoms with van der Waals surface area (Å²) in [6, 6.07) is 3.41. The summed E-state index contributed by atoms with van der Waals surface area (Å²) in [6.45, 7) is 3.14. The molecule has 0 saturated carbocycles. The molecular formula is C25H33ClN8O2. The fourth-order valence-corrected chi connectivity index (χ4v) is 4.62. The van der Waals surface area contributed by atoms with Gasteiger partial charge in [0.15, 0.2) is 0 Å². The number of hydrogen-bond donors (Lipinski definition) is 2. The summed E-state index contributed by atoms with van der Waals surface area (Å²) in [4.78, 5) is 23.3. The van der Waals surface area contributed by atoms with Crippen LogP contribution in [0.2, 0.25) is 5.02 Å². The summed E-state index contributed by atoms with van der Waals surface area (Å²) in [7, 11) is 5.28. The molecule has 10 nitrogen and oxygen atoms in total. The number of carbonyl (C=O) groups excluding carboxylic acids is 1. The fraction of sp³-hybridized carbons (Fsp3) is 0.440. The van der Waals surface area contributed by atoms with Gasteiger partial charge in [-0.15, -0.1) is 0 Å². The lowest BCUT2D eigenvalue weighted by molar-refractivity contribution is 0.0962. The number of likely N-dealkylation sites (tertiary alicyclic amines) is 1. The van der Waals surface area contributed by atoms with Crippen LogP contribution in [0.15, 0.2) is 36.9 Å². The highest BCUT2D eigenvalue weighted by Gasteiger charge is 2.19. The third-order valence-corrected chi connectivity index (χ3v) is 7.02. The Kier molecular flexibility index (Phi) is 8.40. The van der Waals surface area contributed by atoms with Gasteiger partial charge in [-0.1, -0.05) is 11.6 Å². The molecule has 3 aromatic rings. The van der Waals surface area contributed by atoms with Crippen LogP contribution in [0.5, 0.6) is 5.75 Å². The van der Waals surface area contributed by atoms with Gasteiger partial charge in [-0.3, -0.25) is 9.48 Å². The Morgan fingerprint density at radius 3 is 2.61 bits per heavy atom. The number of hydrogen-bond acceptors (Lipinski definition) is 8. The van der Waals surface area contributed by atoms with E-state index in [0.29, 0.717) is 41.0 Å². The van der Waals surface area contributed by atoms with Gasteiger partial charge >= 0.3 is 0 Å². The van der Waals surface area contributed by atoms with Crippen LogP contribution < -0.4 is 20.9 Å². The summed E-state index contributed by atoms with van der Waals surface area (Å²) >= 11 is 6.48. The Morgan fingerprint density at radius 1 is 1.22 bits per heavy atom. The van der Waals surface area contributed by atoms with E-state index in [1.165, 1.54) is 25.0 Å². The van der Waals surface area contributed by atoms with Crippen LogP contribution >= 0.6 is 11.6 Å². The molecule has 0 spiro atoms. The van der Waals surface area contributed by atoms with E-state index in [1.54, 1.807) is 37.8 Å². The predicted molar refractivity (Wildman–Crippen MR) is 140 cm³/mol. The number of ether oxygens (including phenoxy) is 1. The molecule has 3 heterocycles. The highest BCUT2D eigenvalue weighted by Crippen LogP contribution is 2.31. The Morgan fingerprint density at radius 2 is 1.94 bits per heavy atom. The van der Waals surface area contributed by atoms with Crippen LogP contribution in [0.25, 0.3) is 0 Å². The normalized spacial score (nSPS) is 14.6. The first-order valence-electron chi connectivity index (χ1n) is 12.0. The minimum absolute atomic E-state index is 0.198. The molecule has 1 aliphatic heterocycles. The van der Waals surface area contributed by atoms with Crippen LogP contribution in [0.3, 0.4) is 0 Å². The summed E-state index contributed by atoms with van der Waals surface area (Å²) < 4.78 is 7.29. The van der Waals surface area contributed by atoms with Gasteiger partial charge in [-0.2, -0.15) is 5.10 Å². The maximum absolute atomic E-state index is 12.1. The van der Waals surface area contributed by atoms with E-state index in [9.17, 15) is 4.79 Å². The number of nitrogens with two attached hydrogens (primary N) is 1. The van der Waals surface area contributed by atoms with Crippen molar-refractivity contribution in [2.75, 3.05) is 39.3 Å². The minimum Gasteiger partial charge on any atom is -0.495 e. The number of halogens is 1. The molecule has 1 fully saturated rings. The smallest absolute Gasteiger partial charge is 0.251 e. The van der Waals surface area contributed by atoms with Crippen LogP contribution in [-0.2, 0) is 19.4 Å². The van der Waals surface area contributed by atoms with E-state index >= 15 is 0 Å². The SMILES string of the molecule is CNC(=O)c1cc(CCc2cnc(N(N)c3cnn(CC4CCN(C)CC4)c3)nc2)c(Cl)c(OC)c1. The topological polar surface area (TPSA) is 114 Å². The second-order valence-corrected chi connectivity index (χ2v) is 9.54. The first kappa shape index (κ1) is 25.9. The van der Waals surface area contributed by atoms with Crippen molar-refractivity contribution >= 4 is 29.1 Å². The Bertz CT molecular complexity index is 1180. The highest BCUT2D eigenvalue weighted by molar-refractivity contribution is 6.33. The quantitative estimate of drug-likeness (QED) is 0.332. The van der Waals surface area contributed by atoms with Gasteiger partial charge in [0.2, 0.25) is 5.95 Å². The number of aryl methyl sites for hydroxylation is 2. The van der Waals surface area contributed by atoms with E-state index in [1.807, 2.05) is 10.9 Å². The molecule has 0 bridgehead atoms. The molecule has 3 N–H and O–H groups in total. The summed E-state index contributed by atoms with van der Waals surface area (Å²) in [5.74, 6) is 7.57. The van der Waals surface area contributed by atoms with Crippen LogP contribution in [0, 0.1) is 5.92 Å². The predicted octanol–water partition coefficient (Wildman–Crippen LogP) is 2.83. The third-order valence-electron chi connectivity index (χ3n) is 6.60. The molecule has 11 heteroatoms. The average Bonchev–Trinajstić information content (AvgIpc) is 3.37. The zero-order valence-corrected chi connectivity index (χ0v) is 21.7. The summed E-state index contributed by atoms with van der Waals surface area (Å²) in [6.07, 6.45) is 10.8. The molecule has 2 aromatic heterocycles. The van der Waals surface area contributed by atoms with Crippen LogP contribution in [0.1, 0.15) is 34.3 Å². The number of carbonyl (C=O) groups is 1. The maximum Gasteiger partial charge on any atom is 0.251 e. The number of anilines is 2. The molecule has 36 heavy (non-hydrogen) atoms. The van der Waals surface area contributed by atoms with Crippen LogP contribution in [0.4, 0.5) is 11.6 Å². The molecule has 4 rings (SSSR count). The van der Waals surface area contributed by atoms with E-state index in [0.717, 1.165) is 36.4 Å². The number of methoxy groups -OCH3 is 1. The third kappa shape index (κ3) is 6.13. The number of hydrazine groups is 1. The molecule has 1 aromatic carbocycles. The van der Waals surface area contributed by atoms with Gasteiger partial charge in [0.1, 0.15) is 5.75 Å². The second-order valence-electron chi connectivity index (χ2n) is 9.16. The van der Waals surface area contributed by atoms with Crippen molar-refractivity contribution in [3.8, 4) is 5.75 Å². The number of amides is 1. The molecule has 1 aliphatic rings. The number of rotatable bonds is 9. The van der Waals surface area contributed by atoms with Crippen molar-refractivity contribution in [2.45, 2.75) is 32.2 Å². The van der Waals surface area contributed by atoms with Crippen molar-refractivity contribution in [3.05, 3.63) is 58.6 Å². The highest BCUT2D eigenvalue weighted by atomic mass is 35.5. The van der Waals surface area contributed by atoms with Gasteiger partial charge < -0.3 is 15.0 Å². The van der Waals surface area contributed by atoms with E-state index in [-0.39, 0.29) is 5.91 Å². The average molecular weight is 513 g/mol. The van der Waals surface area contributed by atoms with E-state index in [2.05, 4.69) is 32.3 Å². The molecule has 0 radical (unpaired) electrons. The fourth-order valence-electron chi connectivity index (χ4n) is 4.34. The molecule has 0 atom stereocenters. The molecular weight excluding hydrogens is 480 g/mol. The van der Waals surface area contributed by atoms with Crippen molar-refractivity contribution in [1.82, 2.24) is 30.0 Å². The van der Waals surface area contributed by atoms with Crippen molar-refractivity contribution in [3.63, 3.8) is 0 Å². The van der Waals surface area contributed by atoms with Gasteiger partial charge in [0, 0.05) is 31.5 Å². The largest absolute Gasteiger partial charge is 0.495 e. The van der Waals surface area contributed by atoms with Crippen LogP contribution in [-0.4, -0.2) is 64.9 Å². The molecule has 1 saturated heterocycles.